The van der Waals surface area contributed by atoms with Crippen LogP contribution in [0.1, 0.15) is 37.5 Å². The lowest BCUT2D eigenvalue weighted by Crippen LogP contribution is -2.24. The monoisotopic (exact) mass is 364 g/mol. The van der Waals surface area contributed by atoms with E-state index >= 15 is 0 Å². The molecule has 0 aliphatic rings. The maximum atomic E-state index is 13.2. The molecule has 0 N–H and O–H groups in total. The van der Waals surface area contributed by atoms with E-state index in [4.69, 9.17) is 4.74 Å². The number of halogens is 2. The van der Waals surface area contributed by atoms with Crippen molar-refractivity contribution in [2.45, 2.75) is 39.2 Å². The Labute approximate surface area is 140 Å². The molecule has 0 fully saturated rings. The second-order valence-corrected chi connectivity index (χ2v) is 7.03. The van der Waals surface area contributed by atoms with Crippen molar-refractivity contribution < 1.29 is 9.13 Å². The first-order valence-corrected chi connectivity index (χ1v) is 8.33. The molecule has 0 atom stereocenters. The maximum Gasteiger partial charge on any atom is 0.137 e. The standard InChI is InChI=1S/C19H22BrFO/c1-4-14-5-8-16(9-6-14)19(2,3)13-22-12-15-7-10-18(21)17(20)11-15/h5-11H,4,12-13H2,1-3H3. The molecule has 0 aliphatic carbocycles. The minimum atomic E-state index is -0.250. The molecular formula is C19H22BrFO. The average molecular weight is 365 g/mol. The van der Waals surface area contributed by atoms with E-state index in [1.54, 1.807) is 12.1 Å². The van der Waals surface area contributed by atoms with Crippen molar-refractivity contribution in [2.75, 3.05) is 6.61 Å². The molecule has 2 rings (SSSR count). The fourth-order valence-corrected chi connectivity index (χ4v) is 2.75. The molecule has 118 valence electrons. The lowest BCUT2D eigenvalue weighted by molar-refractivity contribution is 0.0824. The van der Waals surface area contributed by atoms with Crippen LogP contribution in [-0.4, -0.2) is 6.61 Å². The largest absolute Gasteiger partial charge is 0.376 e. The van der Waals surface area contributed by atoms with E-state index in [1.807, 2.05) is 0 Å². The number of hydrogen-bond acceptors (Lipinski definition) is 1. The van der Waals surface area contributed by atoms with Gasteiger partial charge in [0.05, 0.1) is 17.7 Å². The maximum absolute atomic E-state index is 13.2. The second kappa shape index (κ2) is 7.38. The van der Waals surface area contributed by atoms with Gasteiger partial charge in [0.15, 0.2) is 0 Å². The van der Waals surface area contributed by atoms with E-state index in [2.05, 4.69) is 61.0 Å². The summed E-state index contributed by atoms with van der Waals surface area (Å²) in [5.41, 5.74) is 3.52. The molecule has 0 aliphatic heterocycles. The normalized spacial score (nSPS) is 11.7. The zero-order chi connectivity index (χ0) is 16.2. The van der Waals surface area contributed by atoms with Crippen LogP contribution in [0.5, 0.6) is 0 Å². The van der Waals surface area contributed by atoms with Gasteiger partial charge >= 0.3 is 0 Å². The van der Waals surface area contributed by atoms with Crippen LogP contribution in [0.25, 0.3) is 0 Å². The third kappa shape index (κ3) is 4.40. The summed E-state index contributed by atoms with van der Waals surface area (Å²) in [6.07, 6.45) is 1.05. The Balaban J connectivity index is 1.95. The number of hydrogen-bond donors (Lipinski definition) is 0. The SMILES string of the molecule is CCc1ccc(C(C)(C)COCc2ccc(F)c(Br)c2)cc1. The molecule has 2 aromatic carbocycles. The van der Waals surface area contributed by atoms with E-state index < -0.39 is 0 Å². The van der Waals surface area contributed by atoms with Crippen molar-refractivity contribution in [1.29, 1.82) is 0 Å². The van der Waals surface area contributed by atoms with Crippen LogP contribution in [0.2, 0.25) is 0 Å². The molecule has 3 heteroatoms. The van der Waals surface area contributed by atoms with Crippen LogP contribution >= 0.6 is 15.9 Å². The summed E-state index contributed by atoms with van der Waals surface area (Å²) in [6, 6.07) is 13.7. The summed E-state index contributed by atoms with van der Waals surface area (Å²) < 4.78 is 19.5. The first kappa shape index (κ1) is 17.2. The van der Waals surface area contributed by atoms with E-state index in [0.717, 1.165) is 12.0 Å². The number of ether oxygens (including phenoxy) is 1. The highest BCUT2D eigenvalue weighted by Crippen LogP contribution is 2.25. The third-order valence-electron chi connectivity index (χ3n) is 3.86. The molecule has 0 amide bonds. The van der Waals surface area contributed by atoms with E-state index in [1.165, 1.54) is 17.2 Å². The Morgan fingerprint density at radius 3 is 2.27 bits per heavy atom. The fraction of sp³-hybridized carbons (Fsp3) is 0.368. The summed E-state index contributed by atoms with van der Waals surface area (Å²) in [5.74, 6) is -0.250. The number of benzene rings is 2. The van der Waals surface area contributed by atoms with Gasteiger partial charge in [0.25, 0.3) is 0 Å². The predicted molar refractivity (Wildman–Crippen MR) is 92.6 cm³/mol. The molecule has 22 heavy (non-hydrogen) atoms. The zero-order valence-corrected chi connectivity index (χ0v) is 14.9. The van der Waals surface area contributed by atoms with E-state index in [0.29, 0.717) is 17.7 Å². The van der Waals surface area contributed by atoms with Crippen molar-refractivity contribution in [2.24, 2.45) is 0 Å². The van der Waals surface area contributed by atoms with Gasteiger partial charge in [-0.3, -0.25) is 0 Å². The smallest absolute Gasteiger partial charge is 0.137 e. The molecule has 0 aromatic heterocycles. The first-order valence-electron chi connectivity index (χ1n) is 7.53. The molecule has 1 nitrogen and oxygen atoms in total. The van der Waals surface area contributed by atoms with Gasteiger partial charge in [0.1, 0.15) is 5.82 Å². The lowest BCUT2D eigenvalue weighted by atomic mass is 9.85. The highest BCUT2D eigenvalue weighted by atomic mass is 79.9. The Bertz CT molecular complexity index is 620. The Kier molecular flexibility index (Phi) is 5.76. The molecular weight excluding hydrogens is 343 g/mol. The van der Waals surface area contributed by atoms with Gasteiger partial charge in [-0.1, -0.05) is 51.1 Å². The minimum Gasteiger partial charge on any atom is -0.376 e. The molecule has 2 aromatic rings. The van der Waals surface area contributed by atoms with Crippen LogP contribution in [0.4, 0.5) is 4.39 Å². The Morgan fingerprint density at radius 1 is 1.05 bits per heavy atom. The molecule has 0 radical (unpaired) electrons. The van der Waals surface area contributed by atoms with Gasteiger partial charge in [-0.15, -0.1) is 0 Å². The van der Waals surface area contributed by atoms with Gasteiger partial charge in [-0.2, -0.15) is 0 Å². The quantitative estimate of drug-likeness (QED) is 0.643. The van der Waals surface area contributed by atoms with Crippen LogP contribution < -0.4 is 0 Å². The minimum absolute atomic E-state index is 0.0520. The van der Waals surface area contributed by atoms with Gasteiger partial charge in [-0.25, -0.2) is 4.39 Å². The zero-order valence-electron chi connectivity index (χ0n) is 13.3. The molecule has 0 unspecified atom stereocenters. The summed E-state index contributed by atoms with van der Waals surface area (Å²) in [5, 5.41) is 0. The summed E-state index contributed by atoms with van der Waals surface area (Å²) in [4.78, 5) is 0. The summed E-state index contributed by atoms with van der Waals surface area (Å²) >= 11 is 3.20. The molecule has 0 saturated heterocycles. The highest BCUT2D eigenvalue weighted by molar-refractivity contribution is 9.10. The topological polar surface area (TPSA) is 9.23 Å². The number of rotatable bonds is 6. The molecule has 0 saturated carbocycles. The van der Waals surface area contributed by atoms with Crippen LogP contribution in [0, 0.1) is 5.82 Å². The van der Waals surface area contributed by atoms with Crippen molar-refractivity contribution in [3.05, 3.63) is 69.4 Å². The van der Waals surface area contributed by atoms with Gasteiger partial charge < -0.3 is 4.74 Å². The van der Waals surface area contributed by atoms with Crippen LogP contribution in [-0.2, 0) is 23.2 Å². The van der Waals surface area contributed by atoms with Gasteiger partial charge in [0, 0.05) is 5.41 Å². The third-order valence-corrected chi connectivity index (χ3v) is 4.47. The van der Waals surface area contributed by atoms with E-state index in [9.17, 15) is 4.39 Å². The Morgan fingerprint density at radius 2 is 1.68 bits per heavy atom. The van der Waals surface area contributed by atoms with Crippen molar-refractivity contribution in [3.8, 4) is 0 Å². The van der Waals surface area contributed by atoms with Gasteiger partial charge in [0.2, 0.25) is 0 Å². The van der Waals surface area contributed by atoms with Crippen LogP contribution in [0.15, 0.2) is 46.9 Å². The van der Waals surface area contributed by atoms with Gasteiger partial charge in [-0.05, 0) is 51.2 Å². The molecule has 0 heterocycles. The Hall–Kier alpha value is -1.19. The second-order valence-electron chi connectivity index (χ2n) is 6.18. The summed E-state index contributed by atoms with van der Waals surface area (Å²) in [7, 11) is 0. The van der Waals surface area contributed by atoms with E-state index in [-0.39, 0.29) is 11.2 Å². The van der Waals surface area contributed by atoms with Crippen molar-refractivity contribution >= 4 is 15.9 Å². The number of aryl methyl sites for hydroxylation is 1. The average Bonchev–Trinajstić information content (AvgIpc) is 2.51. The van der Waals surface area contributed by atoms with Crippen molar-refractivity contribution in [3.63, 3.8) is 0 Å². The molecule has 0 spiro atoms. The lowest BCUT2D eigenvalue weighted by Gasteiger charge is -2.25. The first-order chi connectivity index (χ1) is 10.4. The highest BCUT2D eigenvalue weighted by Gasteiger charge is 2.20. The fourth-order valence-electron chi connectivity index (χ4n) is 2.33. The molecule has 0 bridgehead atoms. The predicted octanol–water partition coefficient (Wildman–Crippen LogP) is 5.65. The van der Waals surface area contributed by atoms with Crippen molar-refractivity contribution in [1.82, 2.24) is 0 Å². The van der Waals surface area contributed by atoms with Crippen LogP contribution in [0.3, 0.4) is 0 Å². The summed E-state index contributed by atoms with van der Waals surface area (Å²) in [6.45, 7) is 7.61.